The van der Waals surface area contributed by atoms with Crippen LogP contribution in [0, 0.1) is 0 Å². The lowest BCUT2D eigenvalue weighted by Gasteiger charge is -2.02. The van der Waals surface area contributed by atoms with E-state index in [0.717, 1.165) is 5.56 Å². The van der Waals surface area contributed by atoms with E-state index in [1.165, 1.54) is 6.07 Å². The second-order valence-electron chi connectivity index (χ2n) is 3.84. The van der Waals surface area contributed by atoms with Crippen LogP contribution >= 0.6 is 0 Å². The fraction of sp³-hybridized carbons (Fsp3) is 0. The Hall–Kier alpha value is -2.43. The van der Waals surface area contributed by atoms with Crippen molar-refractivity contribution in [2.75, 3.05) is 0 Å². The monoisotopic (exact) mass is 258 g/mol. The summed E-state index contributed by atoms with van der Waals surface area (Å²) in [7, 11) is 0. The third kappa shape index (κ3) is 2.70. The first-order valence-electron chi connectivity index (χ1n) is 5.43. The maximum Gasteiger partial charge on any atom is 0.193 e. The number of hydrogen-bond acceptors (Lipinski definition) is 2. The molecule has 0 spiro atoms. The summed E-state index contributed by atoms with van der Waals surface area (Å²) in [5, 5.41) is 0.618. The lowest BCUT2D eigenvalue weighted by Crippen LogP contribution is -1.99. The summed E-state index contributed by atoms with van der Waals surface area (Å²) in [5.74, 6) is 0.606. The molecule has 0 atom stereocenters. The van der Waals surface area contributed by atoms with Crippen molar-refractivity contribution in [1.29, 1.82) is 0 Å². The molecule has 0 unspecified atom stereocenters. The quantitative estimate of drug-likeness (QED) is 0.665. The van der Waals surface area contributed by atoms with Gasteiger partial charge in [-0.3, -0.25) is 4.79 Å². The van der Waals surface area contributed by atoms with Gasteiger partial charge in [-0.2, -0.15) is 0 Å². The van der Waals surface area contributed by atoms with E-state index >= 15 is 0 Å². The Balaban J connectivity index is 0.000000902. The third-order valence-corrected chi connectivity index (χ3v) is 2.69. The summed E-state index contributed by atoms with van der Waals surface area (Å²) in [6.07, 6.45) is 0. The molecule has 98 valence electrons. The molecular weight excluding hydrogens is 244 g/mol. The van der Waals surface area contributed by atoms with Gasteiger partial charge >= 0.3 is 0 Å². The van der Waals surface area contributed by atoms with Crippen LogP contribution in [0.2, 0.25) is 0 Å². The first kappa shape index (κ1) is 14.6. The Morgan fingerprint density at radius 1 is 0.789 bits per heavy atom. The molecule has 0 fully saturated rings. The highest BCUT2D eigenvalue weighted by atomic mass is 16.3. The Morgan fingerprint density at radius 2 is 1.42 bits per heavy atom. The zero-order valence-electron chi connectivity index (χ0n) is 10.1. The van der Waals surface area contributed by atoms with Crippen LogP contribution in [0.1, 0.15) is 0 Å². The van der Waals surface area contributed by atoms with E-state index in [4.69, 9.17) is 4.42 Å². The van der Waals surface area contributed by atoms with E-state index in [2.05, 4.69) is 0 Å². The highest BCUT2D eigenvalue weighted by Gasteiger charge is 2.05. The second kappa shape index (κ2) is 5.95. The predicted octanol–water partition coefficient (Wildman–Crippen LogP) is 1.81. The van der Waals surface area contributed by atoms with Gasteiger partial charge in [0.2, 0.25) is 0 Å². The molecule has 4 heteroatoms. The van der Waals surface area contributed by atoms with Gasteiger partial charge in [0.05, 0.1) is 5.39 Å². The molecule has 4 nitrogen and oxygen atoms in total. The van der Waals surface area contributed by atoms with Crippen molar-refractivity contribution >= 4 is 11.0 Å². The minimum Gasteiger partial charge on any atom is -0.456 e. The van der Waals surface area contributed by atoms with Crippen LogP contribution in [0.4, 0.5) is 0 Å². The van der Waals surface area contributed by atoms with Crippen LogP contribution in [-0.2, 0) is 0 Å². The third-order valence-electron chi connectivity index (χ3n) is 2.69. The van der Waals surface area contributed by atoms with Crippen LogP contribution in [-0.4, -0.2) is 11.0 Å². The molecular formula is C15H14O4. The normalized spacial score (nSPS) is 9.47. The van der Waals surface area contributed by atoms with E-state index in [9.17, 15) is 4.79 Å². The number of benzene rings is 2. The minimum absolute atomic E-state index is 0. The van der Waals surface area contributed by atoms with Crippen molar-refractivity contribution in [1.82, 2.24) is 0 Å². The molecule has 19 heavy (non-hydrogen) atoms. The van der Waals surface area contributed by atoms with Gasteiger partial charge in [0, 0.05) is 11.6 Å². The molecule has 2 aromatic carbocycles. The van der Waals surface area contributed by atoms with Gasteiger partial charge in [-0.05, 0) is 12.1 Å². The summed E-state index contributed by atoms with van der Waals surface area (Å²) >= 11 is 0. The Labute approximate surface area is 109 Å². The van der Waals surface area contributed by atoms with E-state index < -0.39 is 0 Å². The van der Waals surface area contributed by atoms with Gasteiger partial charge in [-0.1, -0.05) is 42.5 Å². The highest BCUT2D eigenvalue weighted by molar-refractivity contribution is 5.78. The summed E-state index contributed by atoms with van der Waals surface area (Å²) in [6, 6.07) is 18.4. The van der Waals surface area contributed by atoms with Gasteiger partial charge in [0.1, 0.15) is 11.3 Å². The molecule has 0 aliphatic heterocycles. The maximum absolute atomic E-state index is 11.9. The molecule has 3 aromatic rings. The second-order valence-corrected chi connectivity index (χ2v) is 3.84. The van der Waals surface area contributed by atoms with Gasteiger partial charge in [0.25, 0.3) is 0 Å². The average Bonchev–Trinajstić information content (AvgIpc) is 2.40. The van der Waals surface area contributed by atoms with E-state index in [0.29, 0.717) is 16.7 Å². The molecule has 1 aromatic heterocycles. The number of hydrogen-bond donors (Lipinski definition) is 0. The van der Waals surface area contributed by atoms with Crippen LogP contribution in [0.25, 0.3) is 22.3 Å². The van der Waals surface area contributed by atoms with Gasteiger partial charge < -0.3 is 15.4 Å². The number of rotatable bonds is 1. The van der Waals surface area contributed by atoms with Crippen molar-refractivity contribution < 1.29 is 15.4 Å². The molecule has 0 amide bonds. The molecule has 0 radical (unpaired) electrons. The van der Waals surface area contributed by atoms with E-state index in [1.54, 1.807) is 6.07 Å². The molecule has 0 aliphatic rings. The highest BCUT2D eigenvalue weighted by Crippen LogP contribution is 2.21. The Bertz CT molecular complexity index is 717. The van der Waals surface area contributed by atoms with E-state index in [-0.39, 0.29) is 16.4 Å². The molecule has 0 bridgehead atoms. The summed E-state index contributed by atoms with van der Waals surface area (Å²) in [4.78, 5) is 11.9. The zero-order chi connectivity index (χ0) is 11.7. The van der Waals surface area contributed by atoms with Crippen molar-refractivity contribution in [2.24, 2.45) is 0 Å². The van der Waals surface area contributed by atoms with Crippen LogP contribution in [0.3, 0.4) is 0 Å². The summed E-state index contributed by atoms with van der Waals surface area (Å²) in [5.41, 5.74) is 1.53. The van der Waals surface area contributed by atoms with Crippen molar-refractivity contribution in [3.05, 3.63) is 70.9 Å². The topological polar surface area (TPSA) is 93.2 Å². The molecule has 0 saturated carbocycles. The van der Waals surface area contributed by atoms with Gasteiger partial charge in [0.15, 0.2) is 5.43 Å². The van der Waals surface area contributed by atoms with Crippen LogP contribution in [0.5, 0.6) is 0 Å². The largest absolute Gasteiger partial charge is 0.456 e. The summed E-state index contributed by atoms with van der Waals surface area (Å²) in [6.45, 7) is 0. The van der Waals surface area contributed by atoms with Crippen molar-refractivity contribution in [3.8, 4) is 11.3 Å². The average molecular weight is 258 g/mol. The SMILES string of the molecule is O.O.O=c1cc(-c2ccccc2)oc2ccccc12. The molecule has 0 aliphatic carbocycles. The smallest absolute Gasteiger partial charge is 0.193 e. The molecule has 0 saturated heterocycles. The standard InChI is InChI=1S/C15H10O2.2H2O/c16-13-10-15(11-6-2-1-3-7-11)17-14-9-5-4-8-12(13)14;;/h1-10H;2*1H2. The van der Waals surface area contributed by atoms with Crippen molar-refractivity contribution in [3.63, 3.8) is 0 Å². The first-order chi connectivity index (χ1) is 8.34. The minimum atomic E-state index is -0.00861. The lowest BCUT2D eigenvalue weighted by atomic mass is 10.1. The van der Waals surface area contributed by atoms with Crippen LogP contribution in [0.15, 0.2) is 69.9 Å². The van der Waals surface area contributed by atoms with E-state index in [1.807, 2.05) is 48.5 Å². The fourth-order valence-electron chi connectivity index (χ4n) is 1.85. The zero-order valence-corrected chi connectivity index (χ0v) is 10.1. The Morgan fingerprint density at radius 3 is 2.16 bits per heavy atom. The maximum atomic E-state index is 11.9. The lowest BCUT2D eigenvalue weighted by molar-refractivity contribution is 0.619. The van der Waals surface area contributed by atoms with Gasteiger partial charge in [-0.15, -0.1) is 0 Å². The summed E-state index contributed by atoms with van der Waals surface area (Å²) < 4.78 is 5.73. The molecule has 4 N–H and O–H groups in total. The Kier molecular flexibility index (Phi) is 4.58. The van der Waals surface area contributed by atoms with Gasteiger partial charge in [-0.25, -0.2) is 0 Å². The molecule has 1 heterocycles. The number of fused-ring (bicyclic) bond motifs is 1. The predicted molar refractivity (Wildman–Crippen MR) is 75.1 cm³/mol. The fourth-order valence-corrected chi connectivity index (χ4v) is 1.85. The molecule has 3 rings (SSSR count). The van der Waals surface area contributed by atoms with Crippen molar-refractivity contribution in [2.45, 2.75) is 0 Å². The number of para-hydroxylation sites is 1. The van der Waals surface area contributed by atoms with Crippen LogP contribution < -0.4 is 5.43 Å². The first-order valence-corrected chi connectivity index (χ1v) is 5.43.